The Bertz CT molecular complexity index is 1310. The van der Waals surface area contributed by atoms with Gasteiger partial charge in [-0.05, 0) is 69.2 Å². The van der Waals surface area contributed by atoms with Crippen LogP contribution in [0.3, 0.4) is 0 Å². The molecule has 1 atom stereocenters. The number of benzene rings is 2. The Kier molecular flexibility index (Phi) is 5.54. The fourth-order valence-electron chi connectivity index (χ4n) is 3.92. The number of anilines is 1. The third-order valence-corrected chi connectivity index (χ3v) is 7.15. The smallest absolute Gasteiger partial charge is 0.264 e. The molecule has 6 nitrogen and oxygen atoms in total. The van der Waals surface area contributed by atoms with Gasteiger partial charge in [0.1, 0.15) is 5.49 Å². The molecule has 0 fully saturated rings. The van der Waals surface area contributed by atoms with Crippen molar-refractivity contribution in [3.8, 4) is 0 Å². The first kappa shape index (κ1) is 21.1. The van der Waals surface area contributed by atoms with Crippen LogP contribution in [0.25, 0.3) is 0 Å². The number of pyridine rings is 1. The maximum absolute atomic E-state index is 13.5. The quantitative estimate of drug-likeness (QED) is 0.628. The molecular weight excluding hydrogens is 410 g/mol. The molecule has 0 bridgehead atoms. The van der Waals surface area contributed by atoms with Crippen molar-refractivity contribution in [1.82, 2.24) is 4.57 Å². The average molecular weight is 436 g/mol. The SMILES string of the molecule is CC(C)N=c1ccccn1C(=O)c1cccc(S(=O)(=O)N2c3ccccc3CC2C)c1. The Balaban J connectivity index is 1.76. The van der Waals surface area contributed by atoms with E-state index in [1.165, 1.54) is 21.0 Å². The van der Waals surface area contributed by atoms with Crippen molar-refractivity contribution in [1.29, 1.82) is 0 Å². The van der Waals surface area contributed by atoms with Crippen LogP contribution >= 0.6 is 0 Å². The molecule has 1 aliphatic heterocycles. The van der Waals surface area contributed by atoms with Gasteiger partial charge in [-0.1, -0.05) is 30.3 Å². The average Bonchev–Trinajstić information content (AvgIpc) is 3.09. The fourth-order valence-corrected chi connectivity index (χ4v) is 5.66. The van der Waals surface area contributed by atoms with Crippen molar-refractivity contribution in [2.75, 3.05) is 4.31 Å². The van der Waals surface area contributed by atoms with Gasteiger partial charge in [0.15, 0.2) is 0 Å². The first-order chi connectivity index (χ1) is 14.8. The summed E-state index contributed by atoms with van der Waals surface area (Å²) in [6.07, 6.45) is 2.30. The highest BCUT2D eigenvalue weighted by Gasteiger charge is 2.36. The minimum Gasteiger partial charge on any atom is -0.268 e. The standard InChI is InChI=1S/C24H25N3O3S/c1-17(2)25-23-13-6-7-14-26(23)24(28)20-10-8-11-21(16-20)31(29,30)27-18(3)15-19-9-4-5-12-22(19)27/h4-14,16-18H,15H2,1-3H3. The van der Waals surface area contributed by atoms with E-state index in [-0.39, 0.29) is 28.4 Å². The summed E-state index contributed by atoms with van der Waals surface area (Å²) in [6, 6.07) is 18.9. The number of aromatic nitrogens is 1. The third kappa shape index (κ3) is 3.93. The summed E-state index contributed by atoms with van der Waals surface area (Å²) in [5.74, 6) is -0.327. The van der Waals surface area contributed by atoms with E-state index in [9.17, 15) is 13.2 Å². The number of fused-ring (bicyclic) bond motifs is 1. The normalized spacial score (nSPS) is 16.6. The minimum absolute atomic E-state index is 0.0184. The summed E-state index contributed by atoms with van der Waals surface area (Å²) in [7, 11) is -3.82. The zero-order valence-electron chi connectivity index (χ0n) is 17.8. The van der Waals surface area contributed by atoms with E-state index in [1.807, 2.05) is 51.1 Å². The van der Waals surface area contributed by atoms with Crippen molar-refractivity contribution >= 4 is 21.6 Å². The van der Waals surface area contributed by atoms with Crippen molar-refractivity contribution in [2.24, 2.45) is 4.99 Å². The number of hydrogen-bond acceptors (Lipinski definition) is 4. The number of carbonyl (C=O) groups is 1. The zero-order chi connectivity index (χ0) is 22.2. The number of carbonyl (C=O) groups excluding carboxylic acids is 1. The summed E-state index contributed by atoms with van der Waals surface area (Å²) in [5, 5.41) is 0. The van der Waals surface area contributed by atoms with E-state index in [4.69, 9.17) is 0 Å². The van der Waals surface area contributed by atoms with E-state index >= 15 is 0 Å². The summed E-state index contributed by atoms with van der Waals surface area (Å²) >= 11 is 0. The molecule has 1 aliphatic rings. The van der Waals surface area contributed by atoms with E-state index < -0.39 is 10.0 Å². The first-order valence-corrected chi connectivity index (χ1v) is 11.7. The molecule has 0 N–H and O–H groups in total. The summed E-state index contributed by atoms with van der Waals surface area (Å²) in [4.78, 5) is 17.8. The van der Waals surface area contributed by atoms with Crippen molar-refractivity contribution < 1.29 is 13.2 Å². The molecule has 3 aromatic rings. The maximum atomic E-state index is 13.5. The lowest BCUT2D eigenvalue weighted by atomic mass is 10.1. The van der Waals surface area contributed by atoms with Crippen molar-refractivity contribution in [2.45, 2.75) is 44.2 Å². The van der Waals surface area contributed by atoms with Crippen LogP contribution in [0.4, 0.5) is 5.69 Å². The third-order valence-electron chi connectivity index (χ3n) is 5.23. The Hall–Kier alpha value is -3.19. The van der Waals surface area contributed by atoms with Crippen LogP contribution in [0.15, 0.2) is 82.8 Å². The van der Waals surface area contributed by atoms with E-state index in [2.05, 4.69) is 4.99 Å². The number of sulfonamides is 1. The number of para-hydroxylation sites is 1. The molecule has 2 aromatic carbocycles. The van der Waals surface area contributed by atoms with Gasteiger partial charge in [-0.3, -0.25) is 18.7 Å². The molecule has 0 aliphatic carbocycles. The number of hydrogen-bond donors (Lipinski definition) is 0. The predicted molar refractivity (Wildman–Crippen MR) is 121 cm³/mol. The summed E-state index contributed by atoms with van der Waals surface area (Å²) < 4.78 is 29.9. The van der Waals surface area contributed by atoms with Gasteiger partial charge in [0.25, 0.3) is 15.9 Å². The number of rotatable bonds is 4. The van der Waals surface area contributed by atoms with Gasteiger partial charge in [0.05, 0.1) is 10.6 Å². The van der Waals surface area contributed by atoms with E-state index in [0.29, 0.717) is 17.6 Å². The summed E-state index contributed by atoms with van der Waals surface area (Å²) in [5.41, 5.74) is 2.52. The highest BCUT2D eigenvalue weighted by atomic mass is 32.2. The molecule has 0 saturated carbocycles. The fraction of sp³-hybridized carbons (Fsp3) is 0.250. The van der Waals surface area contributed by atoms with Crippen LogP contribution in [0.2, 0.25) is 0 Å². The predicted octanol–water partition coefficient (Wildman–Crippen LogP) is 3.63. The number of nitrogens with zero attached hydrogens (tertiary/aromatic N) is 3. The molecule has 2 heterocycles. The van der Waals surface area contributed by atoms with E-state index in [1.54, 1.807) is 30.5 Å². The lowest BCUT2D eigenvalue weighted by Crippen LogP contribution is -2.36. The maximum Gasteiger partial charge on any atom is 0.264 e. The molecular formula is C24H25N3O3S. The van der Waals surface area contributed by atoms with Gasteiger partial charge < -0.3 is 0 Å². The molecule has 1 aromatic heterocycles. The van der Waals surface area contributed by atoms with Gasteiger partial charge in [0.2, 0.25) is 0 Å². The first-order valence-electron chi connectivity index (χ1n) is 10.3. The van der Waals surface area contributed by atoms with Crippen LogP contribution in [0.5, 0.6) is 0 Å². The molecule has 0 amide bonds. The van der Waals surface area contributed by atoms with E-state index in [0.717, 1.165) is 5.56 Å². The molecule has 31 heavy (non-hydrogen) atoms. The second-order valence-corrected chi connectivity index (χ2v) is 9.78. The Morgan fingerprint density at radius 1 is 1.03 bits per heavy atom. The highest BCUT2D eigenvalue weighted by molar-refractivity contribution is 7.92. The van der Waals surface area contributed by atoms with Gasteiger partial charge in [-0.2, -0.15) is 0 Å². The lowest BCUT2D eigenvalue weighted by Gasteiger charge is -2.24. The molecule has 1 unspecified atom stereocenters. The van der Waals surface area contributed by atoms with Gasteiger partial charge >= 0.3 is 0 Å². The minimum atomic E-state index is -3.82. The second-order valence-electron chi connectivity index (χ2n) is 7.97. The van der Waals surface area contributed by atoms with Crippen LogP contribution < -0.4 is 9.79 Å². The molecule has 0 saturated heterocycles. The van der Waals surface area contributed by atoms with Crippen LogP contribution in [-0.2, 0) is 16.4 Å². The molecule has 7 heteroatoms. The Morgan fingerprint density at radius 3 is 2.55 bits per heavy atom. The van der Waals surface area contributed by atoms with Crippen molar-refractivity contribution in [3.05, 3.63) is 89.5 Å². The Labute approximate surface area is 182 Å². The molecule has 0 spiro atoms. The second kappa shape index (κ2) is 8.15. The van der Waals surface area contributed by atoms with Gasteiger partial charge in [0, 0.05) is 23.8 Å². The lowest BCUT2D eigenvalue weighted by molar-refractivity contribution is 0.0954. The highest BCUT2D eigenvalue weighted by Crippen LogP contribution is 2.36. The van der Waals surface area contributed by atoms with Crippen LogP contribution in [0, 0.1) is 0 Å². The van der Waals surface area contributed by atoms with Crippen molar-refractivity contribution in [3.63, 3.8) is 0 Å². The monoisotopic (exact) mass is 435 g/mol. The molecule has 160 valence electrons. The largest absolute Gasteiger partial charge is 0.268 e. The van der Waals surface area contributed by atoms with Gasteiger partial charge in [-0.15, -0.1) is 0 Å². The topological polar surface area (TPSA) is 71.7 Å². The van der Waals surface area contributed by atoms with Gasteiger partial charge in [-0.25, -0.2) is 8.42 Å². The van der Waals surface area contributed by atoms with Crippen LogP contribution in [-0.4, -0.2) is 31.0 Å². The molecule has 4 rings (SSSR count). The molecule has 0 radical (unpaired) electrons. The Morgan fingerprint density at radius 2 is 1.77 bits per heavy atom. The van der Waals surface area contributed by atoms with Crippen LogP contribution in [0.1, 0.15) is 36.7 Å². The summed E-state index contributed by atoms with van der Waals surface area (Å²) in [6.45, 7) is 5.76. The zero-order valence-corrected chi connectivity index (χ0v) is 18.6.